The van der Waals surface area contributed by atoms with Crippen molar-refractivity contribution in [3.05, 3.63) is 29.8 Å². The highest BCUT2D eigenvalue weighted by Gasteiger charge is 2.21. The van der Waals surface area contributed by atoms with Crippen LogP contribution < -0.4 is 16.0 Å². The highest BCUT2D eigenvalue weighted by atomic mass is 16.1. The predicted octanol–water partition coefficient (Wildman–Crippen LogP) is 2.96. The van der Waals surface area contributed by atoms with Crippen LogP contribution in [-0.4, -0.2) is 49.0 Å². The van der Waals surface area contributed by atoms with Crippen molar-refractivity contribution in [3.8, 4) is 0 Å². The maximum Gasteiger partial charge on any atom is 0.224 e. The monoisotopic (exact) mass is 373 g/mol. The Balaban J connectivity index is 1.81. The Morgan fingerprint density at radius 1 is 1.30 bits per heavy atom. The lowest BCUT2D eigenvalue weighted by Gasteiger charge is -2.35. The summed E-state index contributed by atoms with van der Waals surface area (Å²) in [5.74, 6) is 0.895. The minimum Gasteiger partial charge on any atom is -0.354 e. The standard InChI is InChI=1S/C21H35N5O/c1-5-7-20(27)24-19-9-6-8-17(14-19)15-23-21(22-4)25-18-10-12-26(13-11-18)16(2)3/h6,8-9,14,16,18H,5,7,10-13,15H2,1-4H3,(H,24,27)(H2,22,23,25). The van der Waals surface area contributed by atoms with Crippen molar-refractivity contribution in [1.82, 2.24) is 15.5 Å². The van der Waals surface area contributed by atoms with Crippen molar-refractivity contribution < 1.29 is 4.79 Å². The van der Waals surface area contributed by atoms with E-state index < -0.39 is 0 Å². The van der Waals surface area contributed by atoms with E-state index in [2.05, 4.69) is 45.8 Å². The number of anilines is 1. The number of guanidine groups is 1. The predicted molar refractivity (Wildman–Crippen MR) is 113 cm³/mol. The van der Waals surface area contributed by atoms with Gasteiger partial charge >= 0.3 is 0 Å². The van der Waals surface area contributed by atoms with E-state index >= 15 is 0 Å². The van der Waals surface area contributed by atoms with Crippen LogP contribution in [0.5, 0.6) is 0 Å². The number of nitrogens with one attached hydrogen (secondary N) is 3. The highest BCUT2D eigenvalue weighted by molar-refractivity contribution is 5.90. The number of carbonyl (C=O) groups excluding carboxylic acids is 1. The molecule has 0 spiro atoms. The number of carbonyl (C=O) groups is 1. The summed E-state index contributed by atoms with van der Waals surface area (Å²) in [4.78, 5) is 18.6. The van der Waals surface area contributed by atoms with Crippen LogP contribution in [0, 0.1) is 0 Å². The molecule has 1 saturated heterocycles. The smallest absolute Gasteiger partial charge is 0.224 e. The number of likely N-dealkylation sites (tertiary alicyclic amines) is 1. The van der Waals surface area contributed by atoms with Gasteiger partial charge in [0.05, 0.1) is 0 Å². The van der Waals surface area contributed by atoms with Crippen LogP contribution >= 0.6 is 0 Å². The minimum absolute atomic E-state index is 0.0628. The van der Waals surface area contributed by atoms with Gasteiger partial charge in [0.25, 0.3) is 0 Å². The van der Waals surface area contributed by atoms with Crippen LogP contribution in [0.2, 0.25) is 0 Å². The molecule has 1 amide bonds. The van der Waals surface area contributed by atoms with E-state index in [0.717, 1.165) is 49.6 Å². The van der Waals surface area contributed by atoms with Crippen LogP contribution in [0.4, 0.5) is 5.69 Å². The molecular formula is C21H35N5O. The summed E-state index contributed by atoms with van der Waals surface area (Å²) < 4.78 is 0. The number of rotatable bonds is 7. The minimum atomic E-state index is 0.0628. The molecule has 6 heteroatoms. The molecule has 150 valence electrons. The fourth-order valence-corrected chi connectivity index (χ4v) is 3.34. The van der Waals surface area contributed by atoms with E-state index in [9.17, 15) is 4.79 Å². The Hall–Kier alpha value is -2.08. The Bertz CT molecular complexity index is 621. The molecule has 1 heterocycles. The first-order valence-corrected chi connectivity index (χ1v) is 10.1. The summed E-state index contributed by atoms with van der Waals surface area (Å²) in [7, 11) is 1.81. The average Bonchev–Trinajstić information content (AvgIpc) is 2.66. The van der Waals surface area contributed by atoms with Gasteiger partial charge in [0.2, 0.25) is 5.91 Å². The van der Waals surface area contributed by atoms with Gasteiger partial charge in [-0.25, -0.2) is 0 Å². The van der Waals surface area contributed by atoms with E-state index in [4.69, 9.17) is 0 Å². The molecule has 1 aromatic rings. The summed E-state index contributed by atoms with van der Waals surface area (Å²) in [5, 5.41) is 9.87. The van der Waals surface area contributed by atoms with Crippen LogP contribution in [0.3, 0.4) is 0 Å². The fourth-order valence-electron chi connectivity index (χ4n) is 3.34. The van der Waals surface area contributed by atoms with Crippen molar-refractivity contribution in [2.24, 2.45) is 4.99 Å². The fraction of sp³-hybridized carbons (Fsp3) is 0.619. The summed E-state index contributed by atoms with van der Waals surface area (Å²) in [5.41, 5.74) is 1.96. The first kappa shape index (κ1) is 21.2. The number of hydrogen-bond donors (Lipinski definition) is 3. The van der Waals surface area contributed by atoms with Gasteiger partial charge in [0.15, 0.2) is 5.96 Å². The molecule has 6 nitrogen and oxygen atoms in total. The van der Waals surface area contributed by atoms with Gasteiger partial charge in [-0.3, -0.25) is 9.79 Å². The maximum atomic E-state index is 11.8. The zero-order valence-corrected chi connectivity index (χ0v) is 17.2. The first-order chi connectivity index (χ1) is 13.0. The summed E-state index contributed by atoms with van der Waals surface area (Å²) in [6, 6.07) is 9.04. The molecule has 0 saturated carbocycles. The number of amides is 1. The number of hydrogen-bond acceptors (Lipinski definition) is 3. The Morgan fingerprint density at radius 2 is 2.04 bits per heavy atom. The van der Waals surface area contributed by atoms with Gasteiger partial charge in [-0.05, 0) is 50.8 Å². The second-order valence-electron chi connectivity index (χ2n) is 7.47. The second kappa shape index (κ2) is 10.9. The molecule has 1 fully saturated rings. The number of nitrogens with zero attached hydrogens (tertiary/aromatic N) is 2. The molecule has 0 aliphatic carbocycles. The van der Waals surface area contributed by atoms with Gasteiger partial charge in [0.1, 0.15) is 0 Å². The molecule has 1 aliphatic rings. The molecule has 0 aromatic heterocycles. The molecular weight excluding hydrogens is 338 g/mol. The molecule has 1 aromatic carbocycles. The summed E-state index contributed by atoms with van der Waals surface area (Å²) >= 11 is 0. The Kier molecular flexibility index (Phi) is 8.58. The van der Waals surface area contributed by atoms with Crippen molar-refractivity contribution >= 4 is 17.6 Å². The zero-order chi connectivity index (χ0) is 19.6. The van der Waals surface area contributed by atoms with Crippen molar-refractivity contribution in [2.75, 3.05) is 25.5 Å². The number of piperidine rings is 1. The van der Waals surface area contributed by atoms with E-state index in [-0.39, 0.29) is 5.91 Å². The molecule has 3 N–H and O–H groups in total. The number of aliphatic imine (C=N–C) groups is 1. The number of benzene rings is 1. The summed E-state index contributed by atoms with van der Waals surface area (Å²) in [6.45, 7) is 9.45. The quantitative estimate of drug-likeness (QED) is 0.508. The largest absolute Gasteiger partial charge is 0.354 e. The third-order valence-corrected chi connectivity index (χ3v) is 4.97. The molecule has 0 bridgehead atoms. The summed E-state index contributed by atoms with van der Waals surface area (Å²) in [6.07, 6.45) is 3.68. The third kappa shape index (κ3) is 7.21. The molecule has 0 atom stereocenters. The molecule has 1 aliphatic heterocycles. The lowest BCUT2D eigenvalue weighted by Crippen LogP contribution is -2.49. The normalized spacial score (nSPS) is 16.4. The van der Waals surface area contributed by atoms with Gasteiger partial charge < -0.3 is 20.9 Å². The van der Waals surface area contributed by atoms with Crippen LogP contribution in [0.1, 0.15) is 52.0 Å². The molecule has 0 unspecified atom stereocenters. The van der Waals surface area contributed by atoms with Gasteiger partial charge in [-0.2, -0.15) is 0 Å². The van der Waals surface area contributed by atoms with E-state index in [0.29, 0.717) is 25.0 Å². The maximum absolute atomic E-state index is 11.8. The third-order valence-electron chi connectivity index (χ3n) is 4.97. The van der Waals surface area contributed by atoms with Crippen molar-refractivity contribution in [1.29, 1.82) is 0 Å². The van der Waals surface area contributed by atoms with Gasteiger partial charge in [0, 0.05) is 50.9 Å². The first-order valence-electron chi connectivity index (χ1n) is 10.1. The van der Waals surface area contributed by atoms with Gasteiger partial charge in [-0.15, -0.1) is 0 Å². The van der Waals surface area contributed by atoms with E-state index in [1.165, 1.54) is 0 Å². The van der Waals surface area contributed by atoms with Crippen molar-refractivity contribution in [3.63, 3.8) is 0 Å². The second-order valence-corrected chi connectivity index (χ2v) is 7.47. The van der Waals surface area contributed by atoms with Crippen LogP contribution in [0.25, 0.3) is 0 Å². The lowest BCUT2D eigenvalue weighted by atomic mass is 10.0. The highest BCUT2D eigenvalue weighted by Crippen LogP contribution is 2.13. The Labute approximate surface area is 163 Å². The van der Waals surface area contributed by atoms with Crippen LogP contribution in [-0.2, 0) is 11.3 Å². The zero-order valence-electron chi connectivity index (χ0n) is 17.2. The average molecular weight is 374 g/mol. The molecule has 2 rings (SSSR count). The lowest BCUT2D eigenvalue weighted by molar-refractivity contribution is -0.116. The molecule has 0 radical (unpaired) electrons. The van der Waals surface area contributed by atoms with Crippen LogP contribution in [0.15, 0.2) is 29.3 Å². The Morgan fingerprint density at radius 3 is 2.67 bits per heavy atom. The molecule has 27 heavy (non-hydrogen) atoms. The van der Waals surface area contributed by atoms with Crippen molar-refractivity contribution in [2.45, 2.75) is 65.1 Å². The van der Waals surface area contributed by atoms with E-state index in [1.807, 2.05) is 25.1 Å². The van der Waals surface area contributed by atoms with Gasteiger partial charge in [-0.1, -0.05) is 19.1 Å². The SMILES string of the molecule is CCCC(=O)Nc1cccc(CNC(=NC)NC2CCN(C(C)C)CC2)c1. The topological polar surface area (TPSA) is 68.8 Å². The van der Waals surface area contributed by atoms with E-state index in [1.54, 1.807) is 7.05 Å².